The zero-order valence-corrected chi connectivity index (χ0v) is 9.90. The van der Waals surface area contributed by atoms with Crippen molar-refractivity contribution in [3.8, 4) is 11.4 Å². The molecule has 3 rings (SSSR count). The van der Waals surface area contributed by atoms with Crippen LogP contribution >= 0.6 is 11.3 Å². The molecule has 17 heavy (non-hydrogen) atoms. The lowest BCUT2D eigenvalue weighted by molar-refractivity contribution is 0.781. The number of aromatic nitrogens is 4. The number of hydrogen-bond acceptors (Lipinski definition) is 6. The minimum absolute atomic E-state index is 0.393. The summed E-state index contributed by atoms with van der Waals surface area (Å²) in [4.78, 5) is 8.37. The van der Waals surface area contributed by atoms with Crippen LogP contribution in [0.4, 0.5) is 11.1 Å². The summed E-state index contributed by atoms with van der Waals surface area (Å²) >= 11 is 1.45. The Kier molecular flexibility index (Phi) is 2.02. The van der Waals surface area contributed by atoms with Crippen LogP contribution in [0.3, 0.4) is 0 Å². The van der Waals surface area contributed by atoms with E-state index in [1.807, 2.05) is 18.2 Å². The lowest BCUT2D eigenvalue weighted by atomic mass is 10.2. The van der Waals surface area contributed by atoms with Gasteiger partial charge in [-0.2, -0.15) is 4.98 Å². The second kappa shape index (κ2) is 3.42. The molecule has 0 radical (unpaired) electrons. The minimum atomic E-state index is 0.393. The number of nitrogen functional groups attached to an aromatic ring is 2. The monoisotopic (exact) mass is 246 g/mol. The highest BCUT2D eigenvalue weighted by Gasteiger charge is 2.09. The van der Waals surface area contributed by atoms with Gasteiger partial charge >= 0.3 is 0 Å². The van der Waals surface area contributed by atoms with Gasteiger partial charge in [0.15, 0.2) is 11.0 Å². The second-order valence-corrected chi connectivity index (χ2v) is 4.71. The molecular formula is C10H10N6S. The molecule has 0 saturated carbocycles. The van der Waals surface area contributed by atoms with Crippen LogP contribution in [0.2, 0.25) is 0 Å². The normalized spacial score (nSPS) is 11.1. The van der Waals surface area contributed by atoms with Crippen LogP contribution in [0, 0.1) is 0 Å². The molecular weight excluding hydrogens is 236 g/mol. The molecule has 7 heteroatoms. The third-order valence-electron chi connectivity index (χ3n) is 2.46. The van der Waals surface area contributed by atoms with Gasteiger partial charge in [0, 0.05) is 12.6 Å². The molecule has 4 N–H and O–H groups in total. The van der Waals surface area contributed by atoms with Gasteiger partial charge < -0.3 is 11.5 Å². The Hall–Kier alpha value is -2.15. The minimum Gasteiger partial charge on any atom is -0.375 e. The fraction of sp³-hybridized carbons (Fsp3) is 0.100. The maximum absolute atomic E-state index is 5.66. The summed E-state index contributed by atoms with van der Waals surface area (Å²) in [6, 6.07) is 5.79. The first-order valence-electron chi connectivity index (χ1n) is 4.96. The van der Waals surface area contributed by atoms with E-state index in [2.05, 4.69) is 15.1 Å². The Labute approximate surface area is 101 Å². The summed E-state index contributed by atoms with van der Waals surface area (Å²) in [5.41, 5.74) is 13.1. The average molecular weight is 246 g/mol. The Balaban J connectivity index is 2.16. The number of rotatable bonds is 1. The molecule has 0 aliphatic carbocycles. The van der Waals surface area contributed by atoms with Crippen molar-refractivity contribution in [2.45, 2.75) is 0 Å². The van der Waals surface area contributed by atoms with Crippen molar-refractivity contribution in [3.05, 3.63) is 18.2 Å². The van der Waals surface area contributed by atoms with Crippen molar-refractivity contribution >= 4 is 32.6 Å². The highest BCUT2D eigenvalue weighted by atomic mass is 32.1. The van der Waals surface area contributed by atoms with Crippen LogP contribution in [0.5, 0.6) is 0 Å². The number of thiazole rings is 1. The topological polar surface area (TPSA) is 95.6 Å². The molecule has 1 aromatic carbocycles. The van der Waals surface area contributed by atoms with E-state index in [1.165, 1.54) is 11.3 Å². The maximum Gasteiger partial charge on any atom is 0.218 e. The number of nitrogens with zero attached hydrogens (tertiary/aromatic N) is 4. The zero-order chi connectivity index (χ0) is 12.0. The van der Waals surface area contributed by atoms with Gasteiger partial charge in [-0.1, -0.05) is 11.3 Å². The molecule has 0 amide bonds. The van der Waals surface area contributed by atoms with Crippen LogP contribution in [0.15, 0.2) is 18.2 Å². The van der Waals surface area contributed by atoms with E-state index in [9.17, 15) is 0 Å². The Bertz CT molecular complexity index is 678. The van der Waals surface area contributed by atoms with Gasteiger partial charge in [-0.25, -0.2) is 9.67 Å². The van der Waals surface area contributed by atoms with E-state index >= 15 is 0 Å². The quantitative estimate of drug-likeness (QED) is 0.673. The molecule has 6 nitrogen and oxygen atoms in total. The van der Waals surface area contributed by atoms with E-state index in [4.69, 9.17) is 11.5 Å². The Morgan fingerprint density at radius 1 is 1.24 bits per heavy atom. The molecule has 0 atom stereocenters. The average Bonchev–Trinajstić information content (AvgIpc) is 2.80. The summed E-state index contributed by atoms with van der Waals surface area (Å²) in [5, 5.41) is 4.79. The number of benzene rings is 1. The van der Waals surface area contributed by atoms with E-state index in [-0.39, 0.29) is 0 Å². The summed E-state index contributed by atoms with van der Waals surface area (Å²) < 4.78 is 2.56. The Morgan fingerprint density at radius 2 is 2.06 bits per heavy atom. The summed E-state index contributed by atoms with van der Waals surface area (Å²) in [6.45, 7) is 0. The lowest BCUT2D eigenvalue weighted by Gasteiger charge is -1.94. The molecule has 2 heterocycles. The van der Waals surface area contributed by atoms with Crippen LogP contribution in [0.25, 0.3) is 21.6 Å². The maximum atomic E-state index is 5.66. The van der Waals surface area contributed by atoms with Gasteiger partial charge in [-0.3, -0.25) is 0 Å². The van der Waals surface area contributed by atoms with Crippen molar-refractivity contribution in [1.82, 2.24) is 19.7 Å². The van der Waals surface area contributed by atoms with Gasteiger partial charge in [-0.05, 0) is 18.2 Å². The summed E-state index contributed by atoms with van der Waals surface area (Å²) in [5.74, 6) is 1.00. The number of aryl methyl sites for hydroxylation is 1. The SMILES string of the molecule is Cn1nc(-c2ccc3nc(N)sc3c2)nc1N. The first kappa shape index (κ1) is 10.0. The first-order valence-corrected chi connectivity index (χ1v) is 5.78. The molecule has 3 aromatic rings. The molecule has 0 aliphatic heterocycles. The van der Waals surface area contributed by atoms with Crippen molar-refractivity contribution in [3.63, 3.8) is 0 Å². The number of hydrogen-bond donors (Lipinski definition) is 2. The highest BCUT2D eigenvalue weighted by molar-refractivity contribution is 7.22. The molecule has 2 aromatic heterocycles. The van der Waals surface area contributed by atoms with Crippen LogP contribution in [-0.4, -0.2) is 19.7 Å². The predicted octanol–water partition coefficient (Wildman–Crippen LogP) is 1.26. The first-order chi connectivity index (χ1) is 8.13. The van der Waals surface area contributed by atoms with E-state index in [1.54, 1.807) is 11.7 Å². The van der Waals surface area contributed by atoms with E-state index in [0.717, 1.165) is 15.8 Å². The molecule has 0 saturated heterocycles. The van der Waals surface area contributed by atoms with Crippen molar-refractivity contribution in [2.75, 3.05) is 11.5 Å². The number of anilines is 2. The van der Waals surface area contributed by atoms with Gasteiger partial charge in [0.1, 0.15) is 0 Å². The van der Waals surface area contributed by atoms with Gasteiger partial charge in [0.25, 0.3) is 0 Å². The van der Waals surface area contributed by atoms with Crippen molar-refractivity contribution in [1.29, 1.82) is 0 Å². The lowest BCUT2D eigenvalue weighted by Crippen LogP contribution is -1.97. The van der Waals surface area contributed by atoms with E-state index < -0.39 is 0 Å². The summed E-state index contributed by atoms with van der Waals surface area (Å²) in [7, 11) is 1.76. The summed E-state index contributed by atoms with van der Waals surface area (Å²) in [6.07, 6.45) is 0. The fourth-order valence-electron chi connectivity index (χ4n) is 1.60. The van der Waals surface area contributed by atoms with Gasteiger partial charge in [0.05, 0.1) is 10.2 Å². The van der Waals surface area contributed by atoms with Crippen LogP contribution in [-0.2, 0) is 7.05 Å². The fourth-order valence-corrected chi connectivity index (χ4v) is 2.37. The third kappa shape index (κ3) is 1.60. The highest BCUT2D eigenvalue weighted by Crippen LogP contribution is 2.28. The molecule has 0 unspecified atom stereocenters. The Morgan fingerprint density at radius 3 is 2.76 bits per heavy atom. The smallest absolute Gasteiger partial charge is 0.218 e. The van der Waals surface area contributed by atoms with Crippen molar-refractivity contribution < 1.29 is 0 Å². The van der Waals surface area contributed by atoms with Crippen molar-refractivity contribution in [2.24, 2.45) is 7.05 Å². The standard InChI is InChI=1S/C10H10N6S/c1-16-9(11)14-8(15-16)5-2-3-6-7(4-5)17-10(12)13-6/h2-4H,1H3,(H2,12,13)(H2,11,14,15). The van der Waals surface area contributed by atoms with Crippen LogP contribution in [0.1, 0.15) is 0 Å². The number of nitrogens with two attached hydrogens (primary N) is 2. The largest absolute Gasteiger partial charge is 0.375 e. The van der Waals surface area contributed by atoms with E-state index in [0.29, 0.717) is 16.9 Å². The predicted molar refractivity (Wildman–Crippen MR) is 68.4 cm³/mol. The molecule has 0 spiro atoms. The molecule has 0 bridgehead atoms. The van der Waals surface area contributed by atoms with Gasteiger partial charge in [0.2, 0.25) is 5.95 Å². The second-order valence-electron chi connectivity index (χ2n) is 3.65. The van der Waals surface area contributed by atoms with Crippen LogP contribution < -0.4 is 11.5 Å². The number of fused-ring (bicyclic) bond motifs is 1. The molecule has 0 aliphatic rings. The van der Waals surface area contributed by atoms with Gasteiger partial charge in [-0.15, -0.1) is 5.10 Å². The molecule has 0 fully saturated rings. The molecule has 86 valence electrons. The third-order valence-corrected chi connectivity index (χ3v) is 3.31. The zero-order valence-electron chi connectivity index (χ0n) is 9.08.